The van der Waals surface area contributed by atoms with E-state index in [9.17, 15) is 4.79 Å². The fraction of sp³-hybridized carbons (Fsp3) is 0.200. The molecule has 0 bridgehead atoms. The number of hydrogen-bond donors (Lipinski definition) is 1. The molecule has 0 unspecified atom stereocenters. The molecule has 1 N–H and O–H groups in total. The van der Waals surface area contributed by atoms with Crippen molar-refractivity contribution >= 4 is 23.3 Å². The molecule has 4 nitrogen and oxygen atoms in total. The molecular weight excluding hydrogens is 276 g/mol. The van der Waals surface area contributed by atoms with Crippen molar-refractivity contribution in [3.05, 3.63) is 58.9 Å². The van der Waals surface area contributed by atoms with Crippen molar-refractivity contribution in [3.63, 3.8) is 0 Å². The summed E-state index contributed by atoms with van der Waals surface area (Å²) in [7, 11) is 1.93. The molecule has 0 aliphatic carbocycles. The first-order chi connectivity index (χ1) is 9.58. The van der Waals surface area contributed by atoms with Crippen LogP contribution < -0.4 is 4.90 Å². The van der Waals surface area contributed by atoms with Crippen molar-refractivity contribution in [2.45, 2.75) is 6.42 Å². The van der Waals surface area contributed by atoms with Gasteiger partial charge in [-0.1, -0.05) is 11.6 Å². The standard InChI is InChI=1S/C15H15ClN2O2/c1-18(9-6-11-4-7-17-8-5-11)14-3-2-12(15(19)20)10-13(14)16/h2-5,7-8,10H,6,9H2,1H3,(H,19,20). The third kappa shape index (κ3) is 3.48. The SMILES string of the molecule is CN(CCc1ccncc1)c1ccc(C(=O)O)cc1Cl. The van der Waals surface area contributed by atoms with Gasteiger partial charge in [0.25, 0.3) is 0 Å². The number of carboxylic acid groups (broad SMARTS) is 1. The fourth-order valence-electron chi connectivity index (χ4n) is 1.92. The van der Waals surface area contributed by atoms with Crippen molar-refractivity contribution in [2.75, 3.05) is 18.5 Å². The molecule has 2 rings (SSSR count). The third-order valence-corrected chi connectivity index (χ3v) is 3.39. The van der Waals surface area contributed by atoms with Crippen LogP contribution in [0.3, 0.4) is 0 Å². The zero-order valence-electron chi connectivity index (χ0n) is 11.1. The summed E-state index contributed by atoms with van der Waals surface area (Å²) in [4.78, 5) is 16.9. The first kappa shape index (κ1) is 14.3. The summed E-state index contributed by atoms with van der Waals surface area (Å²) in [5.41, 5.74) is 2.22. The number of pyridine rings is 1. The lowest BCUT2D eigenvalue weighted by atomic mass is 10.1. The van der Waals surface area contributed by atoms with Gasteiger partial charge in [0, 0.05) is 26.0 Å². The summed E-state index contributed by atoms with van der Waals surface area (Å²) in [5, 5.41) is 9.36. The van der Waals surface area contributed by atoms with Crippen LogP contribution in [0.4, 0.5) is 5.69 Å². The number of likely N-dealkylation sites (N-methyl/N-ethyl adjacent to an activating group) is 1. The lowest BCUT2D eigenvalue weighted by Crippen LogP contribution is -2.20. The van der Waals surface area contributed by atoms with E-state index in [2.05, 4.69) is 4.98 Å². The number of anilines is 1. The maximum atomic E-state index is 10.9. The number of rotatable bonds is 5. The molecule has 1 heterocycles. The average molecular weight is 291 g/mol. The largest absolute Gasteiger partial charge is 0.478 e. The number of nitrogens with zero attached hydrogens (tertiary/aromatic N) is 2. The average Bonchev–Trinajstić information content (AvgIpc) is 2.45. The van der Waals surface area contributed by atoms with Gasteiger partial charge in [-0.2, -0.15) is 0 Å². The Kier molecular flexibility index (Phi) is 4.58. The van der Waals surface area contributed by atoms with E-state index in [-0.39, 0.29) is 5.56 Å². The maximum Gasteiger partial charge on any atom is 0.335 e. The first-order valence-corrected chi connectivity index (χ1v) is 6.58. The lowest BCUT2D eigenvalue weighted by molar-refractivity contribution is 0.0697. The van der Waals surface area contributed by atoms with Crippen LogP contribution in [0.15, 0.2) is 42.7 Å². The molecule has 2 aromatic rings. The van der Waals surface area contributed by atoms with Crippen LogP contribution in [-0.4, -0.2) is 29.7 Å². The molecule has 0 spiro atoms. The van der Waals surface area contributed by atoms with Crippen molar-refractivity contribution < 1.29 is 9.90 Å². The van der Waals surface area contributed by atoms with E-state index in [4.69, 9.17) is 16.7 Å². The van der Waals surface area contributed by atoms with Gasteiger partial charge in [0.2, 0.25) is 0 Å². The van der Waals surface area contributed by atoms with Crippen LogP contribution >= 0.6 is 11.6 Å². The topological polar surface area (TPSA) is 53.4 Å². The van der Waals surface area contributed by atoms with E-state index >= 15 is 0 Å². The third-order valence-electron chi connectivity index (χ3n) is 3.09. The highest BCUT2D eigenvalue weighted by Crippen LogP contribution is 2.26. The van der Waals surface area contributed by atoms with Gasteiger partial charge in [-0.25, -0.2) is 4.79 Å². The highest BCUT2D eigenvalue weighted by Gasteiger charge is 2.10. The van der Waals surface area contributed by atoms with Gasteiger partial charge >= 0.3 is 5.97 Å². The minimum Gasteiger partial charge on any atom is -0.478 e. The normalized spacial score (nSPS) is 10.3. The quantitative estimate of drug-likeness (QED) is 0.919. The van der Waals surface area contributed by atoms with Crippen molar-refractivity contribution in [1.82, 2.24) is 4.98 Å². The molecule has 0 radical (unpaired) electrons. The van der Waals surface area contributed by atoms with Crippen LogP contribution in [0.1, 0.15) is 15.9 Å². The van der Waals surface area contributed by atoms with Gasteiger partial charge in [0.1, 0.15) is 0 Å². The van der Waals surface area contributed by atoms with E-state index in [0.717, 1.165) is 18.7 Å². The van der Waals surface area contributed by atoms with Gasteiger partial charge in [-0.15, -0.1) is 0 Å². The summed E-state index contributed by atoms with van der Waals surface area (Å²) in [6, 6.07) is 8.72. The summed E-state index contributed by atoms with van der Waals surface area (Å²) in [6.07, 6.45) is 4.41. The summed E-state index contributed by atoms with van der Waals surface area (Å²) in [5.74, 6) is -0.974. The zero-order valence-corrected chi connectivity index (χ0v) is 11.8. The summed E-state index contributed by atoms with van der Waals surface area (Å²) in [6.45, 7) is 0.788. The molecule has 104 valence electrons. The first-order valence-electron chi connectivity index (χ1n) is 6.21. The van der Waals surface area contributed by atoms with E-state index in [0.29, 0.717) is 5.02 Å². The Morgan fingerprint density at radius 1 is 1.30 bits per heavy atom. The molecule has 5 heteroatoms. The highest BCUT2D eigenvalue weighted by molar-refractivity contribution is 6.33. The Morgan fingerprint density at radius 2 is 2.00 bits per heavy atom. The van der Waals surface area contributed by atoms with Crippen LogP contribution in [0.5, 0.6) is 0 Å². The Labute approximate surface area is 122 Å². The molecule has 0 atom stereocenters. The van der Waals surface area contributed by atoms with E-state index in [1.807, 2.05) is 24.1 Å². The molecule has 0 aliphatic heterocycles. The number of benzene rings is 1. The van der Waals surface area contributed by atoms with Crippen molar-refractivity contribution in [2.24, 2.45) is 0 Å². The second-order valence-corrected chi connectivity index (χ2v) is 4.91. The maximum absolute atomic E-state index is 10.9. The number of aromatic nitrogens is 1. The van der Waals surface area contributed by atoms with Gasteiger partial charge in [-0.3, -0.25) is 4.98 Å². The Bertz CT molecular complexity index is 602. The van der Waals surface area contributed by atoms with Crippen LogP contribution in [0.2, 0.25) is 5.02 Å². The Hall–Kier alpha value is -2.07. The van der Waals surface area contributed by atoms with E-state index < -0.39 is 5.97 Å². The Morgan fingerprint density at radius 3 is 2.60 bits per heavy atom. The molecule has 1 aromatic heterocycles. The van der Waals surface area contributed by atoms with Crippen LogP contribution in [0.25, 0.3) is 0 Å². The smallest absolute Gasteiger partial charge is 0.335 e. The zero-order chi connectivity index (χ0) is 14.5. The highest BCUT2D eigenvalue weighted by atomic mass is 35.5. The molecule has 0 amide bonds. The number of halogens is 1. The van der Waals surface area contributed by atoms with Crippen LogP contribution in [-0.2, 0) is 6.42 Å². The van der Waals surface area contributed by atoms with Crippen molar-refractivity contribution in [3.8, 4) is 0 Å². The molecule has 1 aromatic carbocycles. The molecule has 0 fully saturated rings. The minimum absolute atomic E-state index is 0.196. The summed E-state index contributed by atoms with van der Waals surface area (Å²) >= 11 is 6.14. The second-order valence-electron chi connectivity index (χ2n) is 4.50. The Balaban J connectivity index is 2.06. The lowest BCUT2D eigenvalue weighted by Gasteiger charge is -2.20. The molecule has 20 heavy (non-hydrogen) atoms. The van der Waals surface area contributed by atoms with Crippen LogP contribution in [0, 0.1) is 0 Å². The van der Waals surface area contributed by atoms with Gasteiger partial charge in [0.05, 0.1) is 16.3 Å². The number of aromatic carboxylic acids is 1. The molecule has 0 aliphatic rings. The fourth-order valence-corrected chi connectivity index (χ4v) is 2.24. The molecular formula is C15H15ClN2O2. The van der Waals surface area contributed by atoms with E-state index in [1.165, 1.54) is 11.6 Å². The van der Waals surface area contributed by atoms with Gasteiger partial charge < -0.3 is 10.0 Å². The van der Waals surface area contributed by atoms with Gasteiger partial charge in [-0.05, 0) is 42.3 Å². The second kappa shape index (κ2) is 6.39. The minimum atomic E-state index is -0.974. The predicted molar refractivity (Wildman–Crippen MR) is 79.6 cm³/mol. The number of carboxylic acids is 1. The molecule has 0 saturated carbocycles. The number of carbonyl (C=O) groups is 1. The summed E-state index contributed by atoms with van der Waals surface area (Å²) < 4.78 is 0. The van der Waals surface area contributed by atoms with Gasteiger partial charge in [0.15, 0.2) is 0 Å². The van der Waals surface area contributed by atoms with Crippen molar-refractivity contribution in [1.29, 1.82) is 0 Å². The predicted octanol–water partition coefficient (Wildman–Crippen LogP) is 3.11. The van der Waals surface area contributed by atoms with E-state index in [1.54, 1.807) is 24.5 Å². The monoisotopic (exact) mass is 290 g/mol. The number of hydrogen-bond acceptors (Lipinski definition) is 3. The molecule has 0 saturated heterocycles.